The lowest BCUT2D eigenvalue weighted by atomic mass is 9.78. The molecule has 1 aromatic rings. The summed E-state index contributed by atoms with van der Waals surface area (Å²) in [7, 11) is 0. The van der Waals surface area contributed by atoms with Crippen LogP contribution in [0.2, 0.25) is 0 Å². The molecule has 1 saturated carbocycles. The summed E-state index contributed by atoms with van der Waals surface area (Å²) in [6, 6.07) is 3.23. The largest absolute Gasteiger partial charge is 0.478 e. The summed E-state index contributed by atoms with van der Waals surface area (Å²) in [6.45, 7) is 0.424. The highest BCUT2D eigenvalue weighted by atomic mass is 19.1. The van der Waals surface area contributed by atoms with Crippen LogP contribution in [0, 0.1) is 17.7 Å². The van der Waals surface area contributed by atoms with Crippen LogP contribution in [0.15, 0.2) is 18.2 Å². The Morgan fingerprint density at radius 2 is 2.05 bits per heavy atom. The number of anilines is 1. The fourth-order valence-corrected chi connectivity index (χ4v) is 2.87. The minimum absolute atomic E-state index is 0.00570. The minimum atomic E-state index is -1.20. The molecule has 1 aromatic carbocycles. The maximum Gasteiger partial charge on any atom is 0.337 e. The van der Waals surface area contributed by atoms with E-state index in [2.05, 4.69) is 5.32 Å². The highest BCUT2D eigenvalue weighted by Crippen LogP contribution is 2.30. The molecule has 0 radical (unpaired) electrons. The van der Waals surface area contributed by atoms with Crippen molar-refractivity contribution in [1.29, 1.82) is 0 Å². The van der Waals surface area contributed by atoms with E-state index in [9.17, 15) is 14.0 Å². The standard InChI is InChI=1S/C15H19FN2O3/c16-10-5-6-12(15(20)21)13(7-10)18-14(19)11-4-2-1-3-9(11)8-17/h5-7,9,11H,1-4,8,17H2,(H,18,19)(H,20,21). The van der Waals surface area contributed by atoms with Gasteiger partial charge >= 0.3 is 5.97 Å². The van der Waals surface area contributed by atoms with Crippen LogP contribution in [0.4, 0.5) is 10.1 Å². The van der Waals surface area contributed by atoms with Gasteiger partial charge in [0.2, 0.25) is 5.91 Å². The van der Waals surface area contributed by atoms with Crippen LogP contribution in [0.5, 0.6) is 0 Å². The lowest BCUT2D eigenvalue weighted by Crippen LogP contribution is -2.36. The van der Waals surface area contributed by atoms with E-state index < -0.39 is 11.8 Å². The molecule has 0 saturated heterocycles. The van der Waals surface area contributed by atoms with Crippen molar-refractivity contribution in [2.24, 2.45) is 17.6 Å². The maximum atomic E-state index is 13.3. The molecule has 0 spiro atoms. The number of rotatable bonds is 4. The number of carboxylic acids is 1. The molecular formula is C15H19FN2O3. The van der Waals surface area contributed by atoms with E-state index >= 15 is 0 Å². The smallest absolute Gasteiger partial charge is 0.337 e. The second-order valence-electron chi connectivity index (χ2n) is 5.37. The van der Waals surface area contributed by atoms with Gasteiger partial charge in [-0.1, -0.05) is 12.8 Å². The molecule has 2 atom stereocenters. The van der Waals surface area contributed by atoms with Gasteiger partial charge in [-0.15, -0.1) is 0 Å². The zero-order chi connectivity index (χ0) is 15.4. The van der Waals surface area contributed by atoms with E-state index in [0.717, 1.165) is 43.9 Å². The van der Waals surface area contributed by atoms with Gasteiger partial charge in [-0.25, -0.2) is 9.18 Å². The highest BCUT2D eigenvalue weighted by molar-refractivity contribution is 6.01. The number of carbonyl (C=O) groups excluding carboxylic acids is 1. The van der Waals surface area contributed by atoms with Gasteiger partial charge in [0.25, 0.3) is 0 Å². The molecule has 114 valence electrons. The van der Waals surface area contributed by atoms with Crippen molar-refractivity contribution in [3.8, 4) is 0 Å². The molecule has 1 aliphatic rings. The van der Waals surface area contributed by atoms with Gasteiger partial charge in [0.1, 0.15) is 5.82 Å². The van der Waals surface area contributed by atoms with Crippen molar-refractivity contribution in [3.63, 3.8) is 0 Å². The molecule has 5 nitrogen and oxygen atoms in total. The van der Waals surface area contributed by atoms with Crippen LogP contribution in [0.3, 0.4) is 0 Å². The third kappa shape index (κ3) is 3.58. The van der Waals surface area contributed by atoms with E-state index in [1.165, 1.54) is 0 Å². The van der Waals surface area contributed by atoms with Crippen molar-refractivity contribution in [1.82, 2.24) is 0 Å². The summed E-state index contributed by atoms with van der Waals surface area (Å²) in [4.78, 5) is 23.5. The number of hydrogen-bond donors (Lipinski definition) is 3. The van der Waals surface area contributed by atoms with Gasteiger partial charge in [-0.3, -0.25) is 4.79 Å². The number of carboxylic acid groups (broad SMARTS) is 1. The number of aromatic carboxylic acids is 1. The first-order chi connectivity index (χ1) is 10.0. The van der Waals surface area contributed by atoms with E-state index in [4.69, 9.17) is 10.8 Å². The Morgan fingerprint density at radius 1 is 1.33 bits per heavy atom. The Hall–Kier alpha value is -1.95. The van der Waals surface area contributed by atoms with E-state index in [1.807, 2.05) is 0 Å². The summed E-state index contributed by atoms with van der Waals surface area (Å²) in [5, 5.41) is 11.6. The minimum Gasteiger partial charge on any atom is -0.478 e. The average Bonchev–Trinajstić information content (AvgIpc) is 2.46. The molecule has 6 heteroatoms. The predicted molar refractivity (Wildman–Crippen MR) is 76.5 cm³/mol. The van der Waals surface area contributed by atoms with Crippen LogP contribution in [0.25, 0.3) is 0 Å². The average molecular weight is 294 g/mol. The van der Waals surface area contributed by atoms with Crippen molar-refractivity contribution in [3.05, 3.63) is 29.6 Å². The van der Waals surface area contributed by atoms with Crippen LogP contribution in [-0.2, 0) is 4.79 Å². The lowest BCUT2D eigenvalue weighted by Gasteiger charge is -2.29. The highest BCUT2D eigenvalue weighted by Gasteiger charge is 2.30. The summed E-state index contributed by atoms with van der Waals surface area (Å²) in [5.41, 5.74) is 5.57. The summed E-state index contributed by atoms with van der Waals surface area (Å²) in [5.74, 6) is -2.22. The van der Waals surface area contributed by atoms with Gasteiger partial charge in [-0.2, -0.15) is 0 Å². The fraction of sp³-hybridized carbons (Fsp3) is 0.467. The number of carbonyl (C=O) groups is 2. The van der Waals surface area contributed by atoms with Crippen LogP contribution < -0.4 is 11.1 Å². The summed E-state index contributed by atoms with van der Waals surface area (Å²) in [6.07, 6.45) is 3.62. The van der Waals surface area contributed by atoms with Gasteiger partial charge in [-0.05, 0) is 43.5 Å². The van der Waals surface area contributed by atoms with Crippen LogP contribution in [0.1, 0.15) is 36.0 Å². The number of hydrogen-bond acceptors (Lipinski definition) is 3. The van der Waals surface area contributed by atoms with Crippen molar-refractivity contribution < 1.29 is 19.1 Å². The first-order valence-electron chi connectivity index (χ1n) is 7.06. The molecular weight excluding hydrogens is 275 g/mol. The molecule has 1 amide bonds. The molecule has 1 aliphatic carbocycles. The maximum absolute atomic E-state index is 13.3. The monoisotopic (exact) mass is 294 g/mol. The Labute approximate surface area is 122 Å². The Bertz CT molecular complexity index is 548. The normalized spacial score (nSPS) is 21.8. The van der Waals surface area contributed by atoms with Gasteiger partial charge in [0.15, 0.2) is 0 Å². The van der Waals surface area contributed by atoms with Crippen molar-refractivity contribution >= 4 is 17.6 Å². The molecule has 0 aliphatic heterocycles. The molecule has 1 fully saturated rings. The molecule has 21 heavy (non-hydrogen) atoms. The Morgan fingerprint density at radius 3 is 2.71 bits per heavy atom. The zero-order valence-corrected chi connectivity index (χ0v) is 11.6. The molecule has 2 rings (SSSR count). The van der Waals surface area contributed by atoms with Crippen LogP contribution >= 0.6 is 0 Å². The van der Waals surface area contributed by atoms with E-state index in [0.29, 0.717) is 6.54 Å². The third-order valence-electron chi connectivity index (χ3n) is 4.02. The van der Waals surface area contributed by atoms with E-state index in [-0.39, 0.29) is 29.0 Å². The molecule has 0 heterocycles. The SMILES string of the molecule is NCC1CCCCC1C(=O)Nc1cc(F)ccc1C(=O)O. The fourth-order valence-electron chi connectivity index (χ4n) is 2.87. The lowest BCUT2D eigenvalue weighted by molar-refractivity contribution is -0.122. The quantitative estimate of drug-likeness (QED) is 0.794. The van der Waals surface area contributed by atoms with E-state index in [1.54, 1.807) is 0 Å². The third-order valence-corrected chi connectivity index (χ3v) is 4.02. The summed E-state index contributed by atoms with van der Waals surface area (Å²) < 4.78 is 13.3. The number of halogens is 1. The number of amides is 1. The van der Waals surface area contributed by atoms with Gasteiger partial charge < -0.3 is 16.2 Å². The number of nitrogens with two attached hydrogens (primary N) is 1. The van der Waals surface area contributed by atoms with Crippen molar-refractivity contribution in [2.45, 2.75) is 25.7 Å². The van der Waals surface area contributed by atoms with Crippen LogP contribution in [-0.4, -0.2) is 23.5 Å². The Kier molecular flexibility index (Phi) is 4.90. The van der Waals surface area contributed by atoms with Gasteiger partial charge in [0, 0.05) is 5.92 Å². The molecule has 0 aromatic heterocycles. The summed E-state index contributed by atoms with van der Waals surface area (Å²) >= 11 is 0. The molecule has 0 bridgehead atoms. The first-order valence-corrected chi connectivity index (χ1v) is 7.06. The topological polar surface area (TPSA) is 92.4 Å². The predicted octanol–water partition coefficient (Wildman–Crippen LogP) is 2.23. The van der Waals surface area contributed by atoms with Crippen molar-refractivity contribution in [2.75, 3.05) is 11.9 Å². The second-order valence-corrected chi connectivity index (χ2v) is 5.37. The number of benzene rings is 1. The number of nitrogens with one attached hydrogen (secondary N) is 1. The molecule has 2 unspecified atom stereocenters. The first kappa shape index (κ1) is 15.4. The second kappa shape index (κ2) is 6.67. The Balaban J connectivity index is 2.18. The van der Waals surface area contributed by atoms with Gasteiger partial charge in [0.05, 0.1) is 11.3 Å². The molecule has 4 N–H and O–H groups in total. The zero-order valence-electron chi connectivity index (χ0n) is 11.6.